The van der Waals surface area contributed by atoms with E-state index in [1.165, 1.54) is 0 Å². The molecule has 0 aromatic rings. The Morgan fingerprint density at radius 3 is 2.00 bits per heavy atom. The lowest BCUT2D eigenvalue weighted by atomic mass is 9.63. The van der Waals surface area contributed by atoms with Crippen LogP contribution in [0, 0.1) is 5.92 Å². The van der Waals surface area contributed by atoms with Crippen LogP contribution < -0.4 is 0 Å². The molecular formula is C6H11BClO. The van der Waals surface area contributed by atoms with E-state index in [0.717, 1.165) is 0 Å². The maximum atomic E-state index is 10.6. The van der Waals surface area contributed by atoms with Crippen molar-refractivity contribution in [3.05, 3.63) is 0 Å². The summed E-state index contributed by atoms with van der Waals surface area (Å²) in [5.41, 5.74) is 0. The molecule has 0 unspecified atom stereocenters. The molecule has 0 aromatic heterocycles. The monoisotopic (exact) mass is 145 g/mol. The summed E-state index contributed by atoms with van der Waals surface area (Å²) >= 11 is 5.27. The summed E-state index contributed by atoms with van der Waals surface area (Å²) in [7, 11) is 1.83. The fourth-order valence-corrected chi connectivity index (χ4v) is 1.16. The molecule has 3 heteroatoms. The fourth-order valence-electron chi connectivity index (χ4n) is 0.778. The van der Waals surface area contributed by atoms with Crippen LogP contribution in [0.2, 0.25) is 12.6 Å². The standard InChI is InChI=1S/C6H11BClO/c1-4(2)5(7-3)6(8)9/h4-5H,1-3H3/t5-/m1/s1. The van der Waals surface area contributed by atoms with Crippen molar-refractivity contribution in [2.75, 3.05) is 0 Å². The number of carbonyl (C=O) groups is 1. The molecule has 9 heavy (non-hydrogen) atoms. The fraction of sp³-hybridized carbons (Fsp3) is 0.833. The Labute approximate surface area is 62.0 Å². The van der Waals surface area contributed by atoms with Gasteiger partial charge in [0.1, 0.15) is 7.28 Å². The second-order valence-corrected chi connectivity index (χ2v) is 2.78. The van der Waals surface area contributed by atoms with Crippen LogP contribution in [-0.4, -0.2) is 12.5 Å². The SMILES string of the molecule is C[B][C@@H](C(=O)Cl)C(C)C. The highest BCUT2D eigenvalue weighted by Crippen LogP contribution is 2.18. The number of halogens is 1. The Balaban J connectivity index is 3.83. The lowest BCUT2D eigenvalue weighted by molar-refractivity contribution is -0.112. The zero-order valence-electron chi connectivity index (χ0n) is 6.02. The molecule has 0 aliphatic rings. The molecule has 1 radical (unpaired) electrons. The van der Waals surface area contributed by atoms with Crippen LogP contribution in [0.1, 0.15) is 13.8 Å². The summed E-state index contributed by atoms with van der Waals surface area (Å²) in [6.07, 6.45) is 0. The minimum atomic E-state index is -0.257. The summed E-state index contributed by atoms with van der Waals surface area (Å²) in [5.74, 6) is 0.242. The molecule has 0 saturated carbocycles. The van der Waals surface area contributed by atoms with Crippen molar-refractivity contribution in [1.29, 1.82) is 0 Å². The van der Waals surface area contributed by atoms with E-state index in [9.17, 15) is 4.79 Å². The summed E-state index contributed by atoms with van der Waals surface area (Å²) in [6, 6.07) is 0. The molecule has 0 rings (SSSR count). The normalized spacial score (nSPS) is 13.4. The first-order valence-corrected chi connectivity index (χ1v) is 3.46. The van der Waals surface area contributed by atoms with Gasteiger partial charge in [0.25, 0.3) is 0 Å². The van der Waals surface area contributed by atoms with Gasteiger partial charge in [0.2, 0.25) is 5.24 Å². The largest absolute Gasteiger partial charge is 0.282 e. The predicted octanol–water partition coefficient (Wildman–Crippen LogP) is 1.95. The van der Waals surface area contributed by atoms with Crippen molar-refractivity contribution in [2.45, 2.75) is 26.5 Å². The number of hydrogen-bond acceptors (Lipinski definition) is 1. The van der Waals surface area contributed by atoms with Crippen LogP contribution in [0.5, 0.6) is 0 Å². The second-order valence-electron chi connectivity index (χ2n) is 2.41. The summed E-state index contributed by atoms with van der Waals surface area (Å²) in [4.78, 5) is 10.6. The van der Waals surface area contributed by atoms with Gasteiger partial charge in [-0.05, 0) is 17.5 Å². The topological polar surface area (TPSA) is 17.1 Å². The quantitative estimate of drug-likeness (QED) is 0.438. The van der Waals surface area contributed by atoms with Crippen LogP contribution in [0.15, 0.2) is 0 Å². The van der Waals surface area contributed by atoms with Gasteiger partial charge in [0.15, 0.2) is 0 Å². The Kier molecular flexibility index (Phi) is 3.95. The van der Waals surface area contributed by atoms with Crippen molar-refractivity contribution in [3.8, 4) is 0 Å². The maximum absolute atomic E-state index is 10.6. The second kappa shape index (κ2) is 3.94. The van der Waals surface area contributed by atoms with Crippen LogP contribution in [0.3, 0.4) is 0 Å². The van der Waals surface area contributed by atoms with E-state index in [-0.39, 0.29) is 11.1 Å². The Morgan fingerprint density at radius 1 is 1.56 bits per heavy atom. The molecule has 1 nitrogen and oxygen atoms in total. The zero-order valence-corrected chi connectivity index (χ0v) is 6.77. The van der Waals surface area contributed by atoms with Gasteiger partial charge in [0, 0.05) is 5.82 Å². The van der Waals surface area contributed by atoms with Crippen LogP contribution in [-0.2, 0) is 4.79 Å². The van der Waals surface area contributed by atoms with E-state index < -0.39 is 0 Å². The van der Waals surface area contributed by atoms with E-state index in [1.807, 2.05) is 28.0 Å². The molecule has 1 atom stereocenters. The van der Waals surface area contributed by atoms with Crippen LogP contribution in [0.4, 0.5) is 0 Å². The highest BCUT2D eigenvalue weighted by atomic mass is 35.5. The zero-order chi connectivity index (χ0) is 7.44. The van der Waals surface area contributed by atoms with Crippen LogP contribution in [0.25, 0.3) is 0 Å². The molecule has 0 bridgehead atoms. The van der Waals surface area contributed by atoms with E-state index in [1.54, 1.807) is 0 Å². The molecule has 0 N–H and O–H groups in total. The van der Waals surface area contributed by atoms with Gasteiger partial charge in [0.05, 0.1) is 0 Å². The van der Waals surface area contributed by atoms with E-state index >= 15 is 0 Å². The van der Waals surface area contributed by atoms with Gasteiger partial charge < -0.3 is 0 Å². The molecule has 0 aromatic carbocycles. The minimum Gasteiger partial charge on any atom is -0.282 e. The van der Waals surface area contributed by atoms with E-state index in [0.29, 0.717) is 5.92 Å². The first-order valence-electron chi connectivity index (χ1n) is 3.08. The van der Waals surface area contributed by atoms with Gasteiger partial charge in [-0.15, -0.1) is 0 Å². The minimum absolute atomic E-state index is 0.0772. The molecule has 0 amide bonds. The third-order valence-corrected chi connectivity index (χ3v) is 1.59. The average molecular weight is 145 g/mol. The van der Waals surface area contributed by atoms with Gasteiger partial charge in [-0.1, -0.05) is 20.7 Å². The Bertz CT molecular complexity index is 103. The van der Waals surface area contributed by atoms with Crippen molar-refractivity contribution >= 4 is 24.1 Å². The predicted molar refractivity (Wildman–Crippen MR) is 41.1 cm³/mol. The Morgan fingerprint density at radius 2 is 2.00 bits per heavy atom. The number of hydrogen-bond donors (Lipinski definition) is 0. The van der Waals surface area contributed by atoms with E-state index in [2.05, 4.69) is 0 Å². The number of carbonyl (C=O) groups excluding carboxylic acids is 1. The van der Waals surface area contributed by atoms with Crippen LogP contribution >= 0.6 is 11.6 Å². The maximum Gasteiger partial charge on any atom is 0.217 e. The molecule has 0 heterocycles. The highest BCUT2D eigenvalue weighted by molar-refractivity contribution is 6.70. The molecule has 0 fully saturated rings. The van der Waals surface area contributed by atoms with Crippen molar-refractivity contribution < 1.29 is 4.79 Å². The molecule has 0 spiro atoms. The van der Waals surface area contributed by atoms with E-state index in [4.69, 9.17) is 11.6 Å². The first kappa shape index (κ1) is 9.02. The van der Waals surface area contributed by atoms with Gasteiger partial charge in [-0.25, -0.2) is 0 Å². The molecule has 0 aliphatic carbocycles. The van der Waals surface area contributed by atoms with Gasteiger partial charge >= 0.3 is 0 Å². The Hall–Kier alpha value is 0.0249. The third-order valence-electron chi connectivity index (χ3n) is 1.34. The summed E-state index contributed by atoms with van der Waals surface area (Å²) < 4.78 is 0. The summed E-state index contributed by atoms with van der Waals surface area (Å²) in [6.45, 7) is 5.81. The lowest BCUT2D eigenvalue weighted by Gasteiger charge is -2.11. The van der Waals surface area contributed by atoms with Crippen molar-refractivity contribution in [2.24, 2.45) is 5.92 Å². The molecule has 0 saturated heterocycles. The van der Waals surface area contributed by atoms with Gasteiger partial charge in [-0.3, -0.25) is 4.79 Å². The lowest BCUT2D eigenvalue weighted by Crippen LogP contribution is -2.13. The first-order chi connectivity index (χ1) is 4.09. The average Bonchev–Trinajstić information content (AvgIpc) is 1.64. The highest BCUT2D eigenvalue weighted by Gasteiger charge is 2.17. The smallest absolute Gasteiger partial charge is 0.217 e. The van der Waals surface area contributed by atoms with Crippen molar-refractivity contribution in [1.82, 2.24) is 0 Å². The summed E-state index contributed by atoms with van der Waals surface area (Å²) in [5, 5.41) is -0.257. The third kappa shape index (κ3) is 2.90. The molecule has 0 aliphatic heterocycles. The number of rotatable bonds is 3. The van der Waals surface area contributed by atoms with Crippen molar-refractivity contribution in [3.63, 3.8) is 0 Å². The molecular weight excluding hydrogens is 134 g/mol. The molecule has 51 valence electrons. The van der Waals surface area contributed by atoms with Gasteiger partial charge in [-0.2, -0.15) is 0 Å².